The lowest BCUT2D eigenvalue weighted by Gasteiger charge is -2.30. The second-order valence-electron chi connectivity index (χ2n) is 7.22. The Kier molecular flexibility index (Phi) is 6.80. The highest BCUT2D eigenvalue weighted by Crippen LogP contribution is 2.20. The van der Waals surface area contributed by atoms with Gasteiger partial charge in [0.05, 0.1) is 5.71 Å². The summed E-state index contributed by atoms with van der Waals surface area (Å²) < 4.78 is 1.10. The molecule has 3 rings (SSSR count). The zero-order chi connectivity index (χ0) is 19.2. The molecular weight excluding hydrogens is 402 g/mol. The number of halogens is 1. The molecule has 0 radical (unpaired) electrons. The van der Waals surface area contributed by atoms with E-state index < -0.39 is 0 Å². The molecule has 0 unspecified atom stereocenters. The van der Waals surface area contributed by atoms with Gasteiger partial charge in [-0.1, -0.05) is 57.9 Å². The largest absolute Gasteiger partial charge is 0.299 e. The summed E-state index contributed by atoms with van der Waals surface area (Å²) in [4.78, 5) is 14.9. The number of nitrogens with one attached hydrogen (secondary N) is 1. The number of piperidine rings is 1. The Morgan fingerprint density at radius 3 is 2.37 bits per heavy atom. The zero-order valence-corrected chi connectivity index (χ0v) is 17.5. The Balaban J connectivity index is 1.47. The first-order valence-electron chi connectivity index (χ1n) is 9.39. The summed E-state index contributed by atoms with van der Waals surface area (Å²) in [5.41, 5.74) is 7.14. The highest BCUT2D eigenvalue weighted by atomic mass is 79.9. The predicted molar refractivity (Wildman–Crippen MR) is 114 cm³/mol. The zero-order valence-electron chi connectivity index (χ0n) is 15.9. The van der Waals surface area contributed by atoms with Gasteiger partial charge < -0.3 is 0 Å². The Morgan fingerprint density at radius 1 is 1.11 bits per heavy atom. The fourth-order valence-corrected chi connectivity index (χ4v) is 3.56. The minimum absolute atomic E-state index is 0.0322. The first-order valence-corrected chi connectivity index (χ1v) is 10.2. The molecule has 1 N–H and O–H groups in total. The topological polar surface area (TPSA) is 44.7 Å². The van der Waals surface area contributed by atoms with Crippen LogP contribution in [0.4, 0.5) is 0 Å². The number of likely N-dealkylation sites (tertiary alicyclic amines) is 1. The van der Waals surface area contributed by atoms with E-state index in [9.17, 15) is 4.79 Å². The van der Waals surface area contributed by atoms with Crippen LogP contribution >= 0.6 is 15.9 Å². The summed E-state index contributed by atoms with van der Waals surface area (Å²) in [6, 6.07) is 16.6. The van der Waals surface area contributed by atoms with Crippen molar-refractivity contribution in [2.45, 2.75) is 33.2 Å². The lowest BCUT2D eigenvalue weighted by Crippen LogP contribution is -2.39. The summed E-state index contributed by atoms with van der Waals surface area (Å²) in [6.45, 7) is 6.79. The molecule has 1 aliphatic heterocycles. The second kappa shape index (κ2) is 9.29. The number of carbonyl (C=O) groups is 1. The molecule has 4 nitrogen and oxygen atoms in total. The molecule has 2 aromatic carbocycles. The number of hydrazone groups is 1. The van der Waals surface area contributed by atoms with Crippen LogP contribution in [0.2, 0.25) is 0 Å². The van der Waals surface area contributed by atoms with Crippen molar-refractivity contribution in [1.82, 2.24) is 10.3 Å². The van der Waals surface area contributed by atoms with Gasteiger partial charge >= 0.3 is 0 Å². The fourth-order valence-electron chi connectivity index (χ4n) is 3.29. The monoisotopic (exact) mass is 427 g/mol. The van der Waals surface area contributed by atoms with E-state index in [1.807, 2.05) is 19.1 Å². The SMILES string of the molecule is C/C(=N/NC(=O)C1CCN(Cc2ccc(Br)cc2)CC1)c1ccc(C)cc1. The van der Waals surface area contributed by atoms with E-state index in [0.717, 1.165) is 48.2 Å². The molecule has 0 aromatic heterocycles. The van der Waals surface area contributed by atoms with Crippen LogP contribution in [-0.2, 0) is 11.3 Å². The molecule has 0 bridgehead atoms. The van der Waals surface area contributed by atoms with Gasteiger partial charge in [0.25, 0.3) is 0 Å². The number of hydrogen-bond acceptors (Lipinski definition) is 3. The maximum absolute atomic E-state index is 12.4. The van der Waals surface area contributed by atoms with Gasteiger partial charge in [-0.3, -0.25) is 9.69 Å². The van der Waals surface area contributed by atoms with Crippen LogP contribution in [-0.4, -0.2) is 29.6 Å². The van der Waals surface area contributed by atoms with Crippen molar-refractivity contribution in [2.24, 2.45) is 11.0 Å². The average molecular weight is 428 g/mol. The van der Waals surface area contributed by atoms with Crippen molar-refractivity contribution in [2.75, 3.05) is 13.1 Å². The van der Waals surface area contributed by atoms with E-state index in [-0.39, 0.29) is 11.8 Å². The Hall–Kier alpha value is -1.98. The van der Waals surface area contributed by atoms with Gasteiger partial charge in [0, 0.05) is 16.9 Å². The van der Waals surface area contributed by atoms with Gasteiger partial charge in [0.1, 0.15) is 0 Å². The Morgan fingerprint density at radius 2 is 1.74 bits per heavy atom. The smallest absolute Gasteiger partial charge is 0.243 e. The lowest BCUT2D eigenvalue weighted by molar-refractivity contribution is -0.126. The molecule has 1 saturated heterocycles. The van der Waals surface area contributed by atoms with Crippen LogP contribution < -0.4 is 5.43 Å². The van der Waals surface area contributed by atoms with E-state index in [1.165, 1.54) is 11.1 Å². The molecule has 142 valence electrons. The number of aryl methyl sites for hydroxylation is 1. The van der Waals surface area contributed by atoms with Crippen LogP contribution in [0.15, 0.2) is 58.1 Å². The van der Waals surface area contributed by atoms with Gasteiger partial charge in [-0.2, -0.15) is 5.10 Å². The van der Waals surface area contributed by atoms with E-state index in [1.54, 1.807) is 0 Å². The third-order valence-electron chi connectivity index (χ3n) is 5.08. The fraction of sp³-hybridized carbons (Fsp3) is 0.364. The number of carbonyl (C=O) groups excluding carboxylic acids is 1. The third kappa shape index (κ3) is 5.75. The highest BCUT2D eigenvalue weighted by Gasteiger charge is 2.24. The second-order valence-corrected chi connectivity index (χ2v) is 8.13. The van der Waals surface area contributed by atoms with Crippen molar-refractivity contribution < 1.29 is 4.79 Å². The summed E-state index contributed by atoms with van der Waals surface area (Å²) in [6.07, 6.45) is 1.75. The first kappa shape index (κ1) is 19.8. The van der Waals surface area contributed by atoms with E-state index in [2.05, 4.69) is 74.7 Å². The van der Waals surface area contributed by atoms with Crippen molar-refractivity contribution in [1.29, 1.82) is 0 Å². The number of hydrogen-bond donors (Lipinski definition) is 1. The normalized spacial score (nSPS) is 16.3. The van der Waals surface area contributed by atoms with Crippen molar-refractivity contribution in [3.05, 3.63) is 69.7 Å². The molecule has 27 heavy (non-hydrogen) atoms. The van der Waals surface area contributed by atoms with Crippen LogP contribution in [0.1, 0.15) is 36.5 Å². The summed E-state index contributed by atoms with van der Waals surface area (Å²) in [7, 11) is 0. The summed E-state index contributed by atoms with van der Waals surface area (Å²) >= 11 is 3.47. The van der Waals surface area contributed by atoms with E-state index >= 15 is 0 Å². The maximum atomic E-state index is 12.4. The van der Waals surface area contributed by atoms with Gasteiger partial charge in [-0.05, 0) is 63.0 Å². The van der Waals surface area contributed by atoms with Gasteiger partial charge in [-0.25, -0.2) is 5.43 Å². The first-order chi connectivity index (χ1) is 13.0. The van der Waals surface area contributed by atoms with Gasteiger partial charge in [-0.15, -0.1) is 0 Å². The quantitative estimate of drug-likeness (QED) is 0.563. The molecule has 1 heterocycles. The van der Waals surface area contributed by atoms with Gasteiger partial charge in [0.2, 0.25) is 5.91 Å². The predicted octanol–water partition coefficient (Wildman–Crippen LogP) is 4.51. The third-order valence-corrected chi connectivity index (χ3v) is 5.61. The Labute approximate surface area is 169 Å². The van der Waals surface area contributed by atoms with Crippen molar-refractivity contribution in [3.63, 3.8) is 0 Å². The molecule has 2 aromatic rings. The van der Waals surface area contributed by atoms with Crippen LogP contribution in [0.25, 0.3) is 0 Å². The Bertz CT molecular complexity index is 791. The van der Waals surface area contributed by atoms with Gasteiger partial charge in [0.15, 0.2) is 0 Å². The molecule has 5 heteroatoms. The summed E-state index contributed by atoms with van der Waals surface area (Å²) in [5, 5.41) is 4.29. The summed E-state index contributed by atoms with van der Waals surface area (Å²) in [5.74, 6) is 0.0745. The number of benzene rings is 2. The van der Waals surface area contributed by atoms with E-state index in [0.29, 0.717) is 0 Å². The van der Waals surface area contributed by atoms with Crippen LogP contribution in [0.5, 0.6) is 0 Å². The van der Waals surface area contributed by atoms with E-state index in [4.69, 9.17) is 0 Å². The number of rotatable bonds is 5. The molecule has 1 amide bonds. The molecule has 0 atom stereocenters. The minimum Gasteiger partial charge on any atom is -0.299 e. The highest BCUT2D eigenvalue weighted by molar-refractivity contribution is 9.10. The lowest BCUT2D eigenvalue weighted by atomic mass is 9.96. The molecule has 1 aliphatic rings. The number of amides is 1. The van der Waals surface area contributed by atoms with Crippen molar-refractivity contribution >= 4 is 27.5 Å². The standard InChI is InChI=1S/C22H26BrN3O/c1-16-3-7-19(8-4-16)17(2)24-25-22(27)20-11-13-26(14-12-20)15-18-5-9-21(23)10-6-18/h3-10,20H,11-15H2,1-2H3,(H,25,27)/b24-17-. The van der Waals surface area contributed by atoms with Crippen LogP contribution in [0.3, 0.4) is 0 Å². The molecule has 0 saturated carbocycles. The average Bonchev–Trinajstić information content (AvgIpc) is 2.69. The maximum Gasteiger partial charge on any atom is 0.243 e. The number of nitrogens with zero attached hydrogens (tertiary/aromatic N) is 2. The molecule has 0 spiro atoms. The molecular formula is C22H26BrN3O. The molecule has 1 fully saturated rings. The molecule has 0 aliphatic carbocycles. The minimum atomic E-state index is 0.0322. The van der Waals surface area contributed by atoms with Crippen molar-refractivity contribution in [3.8, 4) is 0 Å². The van der Waals surface area contributed by atoms with Crippen LogP contribution in [0, 0.1) is 12.8 Å².